The van der Waals surface area contributed by atoms with Gasteiger partial charge in [0.25, 0.3) is 0 Å². The third-order valence-electron chi connectivity index (χ3n) is 4.89. The number of nitrogens with two attached hydrogens (primary N) is 1. The highest BCUT2D eigenvalue weighted by Crippen LogP contribution is 2.12. The molecule has 0 radical (unpaired) electrons. The van der Waals surface area contributed by atoms with Crippen LogP contribution in [0.25, 0.3) is 0 Å². The highest BCUT2D eigenvalue weighted by Gasteiger charge is 2.29. The number of aliphatic hydroxyl groups excluding tert-OH is 1. The van der Waals surface area contributed by atoms with Gasteiger partial charge < -0.3 is 42.0 Å². The minimum Gasteiger partial charge on any atom is -0.508 e. The Kier molecular flexibility index (Phi) is 9.52. The van der Waals surface area contributed by atoms with E-state index in [0.29, 0.717) is 11.3 Å². The quantitative estimate of drug-likeness (QED) is 0.166. The van der Waals surface area contributed by atoms with Crippen LogP contribution in [0.4, 0.5) is 0 Å². The summed E-state index contributed by atoms with van der Waals surface area (Å²) in [4.78, 5) is 55.7. The van der Waals surface area contributed by atoms with E-state index in [4.69, 9.17) is 10.8 Å². The predicted octanol–water partition coefficient (Wildman–Crippen LogP) is -2.22. The number of imidazole rings is 1. The number of rotatable bonds is 12. The number of phenolic OH excluding ortho intramolecular Hbond substituents is 1. The van der Waals surface area contributed by atoms with Gasteiger partial charge in [-0.2, -0.15) is 0 Å². The molecule has 0 bridgehead atoms. The van der Waals surface area contributed by atoms with Gasteiger partial charge in [-0.25, -0.2) is 9.78 Å². The molecule has 13 nitrogen and oxygen atoms in total. The Hall–Kier alpha value is -3.97. The highest BCUT2D eigenvalue weighted by molar-refractivity contribution is 5.94. The third kappa shape index (κ3) is 7.86. The van der Waals surface area contributed by atoms with Crippen molar-refractivity contribution >= 4 is 23.7 Å². The Morgan fingerprint density at radius 3 is 2.21 bits per heavy atom. The molecule has 0 spiro atoms. The van der Waals surface area contributed by atoms with Gasteiger partial charge in [-0.05, 0) is 24.6 Å². The lowest BCUT2D eigenvalue weighted by molar-refractivity contribution is -0.142. The minimum atomic E-state index is -1.30. The number of aromatic nitrogens is 2. The molecule has 2 aromatic rings. The standard InChI is InChI=1S/C21H28N6O7/c1-11(25-19(31)15(22)9-28)18(30)26-16(6-12-2-4-14(29)5-3-12)20(32)27-17(21(33)34)7-13-8-23-10-24-13/h2-5,8,10-11,15-17,28-29H,6-7,9,22H2,1H3,(H,23,24)(H,25,31)(H,26,30)(H,27,32)(H,33,34). The number of benzene rings is 1. The first-order chi connectivity index (χ1) is 16.1. The van der Waals surface area contributed by atoms with Crippen LogP contribution < -0.4 is 21.7 Å². The van der Waals surface area contributed by atoms with Crippen molar-refractivity contribution in [2.45, 2.75) is 43.9 Å². The van der Waals surface area contributed by atoms with Crippen molar-refractivity contribution in [3.05, 3.63) is 48.0 Å². The normalized spacial score (nSPS) is 14.3. The van der Waals surface area contributed by atoms with Gasteiger partial charge in [-0.15, -0.1) is 0 Å². The van der Waals surface area contributed by atoms with Gasteiger partial charge >= 0.3 is 5.97 Å². The van der Waals surface area contributed by atoms with Crippen LogP contribution in [0.5, 0.6) is 5.75 Å². The largest absolute Gasteiger partial charge is 0.508 e. The van der Waals surface area contributed by atoms with E-state index < -0.39 is 54.5 Å². The number of aliphatic carboxylic acids is 1. The number of aromatic hydroxyl groups is 1. The van der Waals surface area contributed by atoms with E-state index in [1.165, 1.54) is 31.6 Å². The molecule has 0 saturated carbocycles. The van der Waals surface area contributed by atoms with Gasteiger partial charge in [0.1, 0.15) is 29.9 Å². The van der Waals surface area contributed by atoms with Crippen molar-refractivity contribution < 1.29 is 34.5 Å². The zero-order valence-electron chi connectivity index (χ0n) is 18.4. The molecule has 184 valence electrons. The summed E-state index contributed by atoms with van der Waals surface area (Å²) in [5.74, 6) is -3.51. The van der Waals surface area contributed by atoms with E-state index in [2.05, 4.69) is 25.9 Å². The molecule has 3 amide bonds. The van der Waals surface area contributed by atoms with Gasteiger partial charge in [0.05, 0.1) is 12.9 Å². The first-order valence-corrected chi connectivity index (χ1v) is 10.4. The van der Waals surface area contributed by atoms with E-state index >= 15 is 0 Å². The molecule has 9 N–H and O–H groups in total. The van der Waals surface area contributed by atoms with Gasteiger partial charge in [-0.3, -0.25) is 14.4 Å². The third-order valence-corrected chi connectivity index (χ3v) is 4.89. The number of aliphatic hydroxyl groups is 1. The molecule has 1 aromatic carbocycles. The number of hydrogen-bond donors (Lipinski definition) is 8. The Morgan fingerprint density at radius 1 is 1.00 bits per heavy atom. The van der Waals surface area contributed by atoms with Crippen molar-refractivity contribution in [1.29, 1.82) is 0 Å². The second-order valence-electron chi connectivity index (χ2n) is 7.63. The molecule has 34 heavy (non-hydrogen) atoms. The van der Waals surface area contributed by atoms with Crippen LogP contribution in [0.15, 0.2) is 36.8 Å². The summed E-state index contributed by atoms with van der Waals surface area (Å²) in [6.07, 6.45) is 2.72. The number of aromatic amines is 1. The monoisotopic (exact) mass is 476 g/mol. The number of amides is 3. The summed E-state index contributed by atoms with van der Waals surface area (Å²) in [7, 11) is 0. The lowest BCUT2D eigenvalue weighted by Gasteiger charge is -2.23. The first kappa shape index (κ1) is 26.3. The fourth-order valence-electron chi connectivity index (χ4n) is 2.93. The zero-order valence-corrected chi connectivity index (χ0v) is 18.4. The number of carboxylic acid groups (broad SMARTS) is 1. The molecule has 0 aliphatic heterocycles. The van der Waals surface area contributed by atoms with E-state index in [1.807, 2.05) is 0 Å². The summed E-state index contributed by atoms with van der Waals surface area (Å²) in [6.45, 7) is 0.754. The van der Waals surface area contributed by atoms with Crippen LogP contribution in [0, 0.1) is 0 Å². The number of nitrogens with zero attached hydrogens (tertiary/aromatic N) is 1. The van der Waals surface area contributed by atoms with Crippen LogP contribution in [0.3, 0.4) is 0 Å². The maximum atomic E-state index is 13.0. The highest BCUT2D eigenvalue weighted by atomic mass is 16.4. The van der Waals surface area contributed by atoms with Crippen LogP contribution in [0.1, 0.15) is 18.2 Å². The molecule has 1 heterocycles. The van der Waals surface area contributed by atoms with Gasteiger partial charge in [0.15, 0.2) is 0 Å². The molecule has 0 aliphatic rings. The van der Waals surface area contributed by atoms with Gasteiger partial charge in [-0.1, -0.05) is 12.1 Å². The summed E-state index contributed by atoms with van der Waals surface area (Å²) in [5.41, 5.74) is 6.50. The molecule has 0 fully saturated rings. The minimum absolute atomic E-state index is 0.0100. The lowest BCUT2D eigenvalue weighted by Crippen LogP contribution is -2.57. The van der Waals surface area contributed by atoms with E-state index in [-0.39, 0.29) is 18.6 Å². The number of phenols is 1. The average molecular weight is 476 g/mol. The fraction of sp³-hybridized carbons (Fsp3) is 0.381. The van der Waals surface area contributed by atoms with E-state index in [9.17, 15) is 29.4 Å². The summed E-state index contributed by atoms with van der Waals surface area (Å²) in [6, 6.07) is 1.09. The molecular formula is C21H28N6O7. The Morgan fingerprint density at radius 2 is 1.65 bits per heavy atom. The van der Waals surface area contributed by atoms with Crippen LogP contribution in [0.2, 0.25) is 0 Å². The first-order valence-electron chi connectivity index (χ1n) is 10.4. The fourth-order valence-corrected chi connectivity index (χ4v) is 2.93. The number of carbonyl (C=O) groups is 4. The topological polar surface area (TPSA) is 220 Å². The van der Waals surface area contributed by atoms with E-state index in [1.54, 1.807) is 12.1 Å². The van der Waals surface area contributed by atoms with Crippen LogP contribution in [-0.2, 0) is 32.0 Å². The zero-order chi connectivity index (χ0) is 25.3. The van der Waals surface area contributed by atoms with E-state index in [0.717, 1.165) is 0 Å². The molecule has 2 rings (SSSR count). The molecule has 1 aromatic heterocycles. The van der Waals surface area contributed by atoms with Crippen LogP contribution >= 0.6 is 0 Å². The number of carbonyl (C=O) groups excluding carboxylic acids is 3. The summed E-state index contributed by atoms with van der Waals surface area (Å²) in [5, 5.41) is 35.2. The average Bonchev–Trinajstić information content (AvgIpc) is 3.31. The Bertz CT molecular complexity index is 980. The lowest BCUT2D eigenvalue weighted by atomic mass is 10.0. The SMILES string of the molecule is CC(NC(=O)C(N)CO)C(=O)NC(Cc1ccc(O)cc1)C(=O)NC(Cc1cnc[nH]1)C(=O)O. The van der Waals surface area contributed by atoms with Crippen molar-refractivity contribution in [3.8, 4) is 5.75 Å². The van der Waals surface area contributed by atoms with Crippen molar-refractivity contribution in [3.63, 3.8) is 0 Å². The number of nitrogens with one attached hydrogen (secondary N) is 4. The Balaban J connectivity index is 2.16. The van der Waals surface area contributed by atoms with Gasteiger partial charge in [0.2, 0.25) is 17.7 Å². The number of H-pyrrole nitrogens is 1. The second-order valence-corrected chi connectivity index (χ2v) is 7.63. The number of hydrogen-bond acceptors (Lipinski definition) is 8. The molecule has 4 unspecified atom stereocenters. The summed E-state index contributed by atoms with van der Waals surface area (Å²) < 4.78 is 0. The second kappa shape index (κ2) is 12.3. The predicted molar refractivity (Wildman–Crippen MR) is 118 cm³/mol. The summed E-state index contributed by atoms with van der Waals surface area (Å²) >= 11 is 0. The maximum absolute atomic E-state index is 13.0. The molecule has 0 saturated heterocycles. The van der Waals surface area contributed by atoms with Crippen LogP contribution in [-0.4, -0.2) is 79.8 Å². The maximum Gasteiger partial charge on any atom is 0.326 e. The molecule has 0 aliphatic carbocycles. The molecule has 4 atom stereocenters. The smallest absolute Gasteiger partial charge is 0.326 e. The Labute approximate surface area is 194 Å². The molecular weight excluding hydrogens is 448 g/mol. The molecule has 13 heteroatoms. The number of carboxylic acids is 1. The van der Waals surface area contributed by atoms with Gasteiger partial charge in [0, 0.05) is 24.7 Å². The van der Waals surface area contributed by atoms with Crippen molar-refractivity contribution in [1.82, 2.24) is 25.9 Å². The van der Waals surface area contributed by atoms with Crippen molar-refractivity contribution in [2.75, 3.05) is 6.61 Å². The van der Waals surface area contributed by atoms with Crippen molar-refractivity contribution in [2.24, 2.45) is 5.73 Å².